The molecule has 0 bridgehead atoms. The van der Waals surface area contributed by atoms with E-state index in [2.05, 4.69) is 31.2 Å². The Balaban J connectivity index is 1.40. The van der Waals surface area contributed by atoms with Crippen molar-refractivity contribution in [2.45, 2.75) is 37.6 Å². The zero-order chi connectivity index (χ0) is 19.1. The molecule has 5 rings (SSSR count). The van der Waals surface area contributed by atoms with Crippen LogP contribution in [-0.2, 0) is 7.05 Å². The number of amides is 1. The number of likely N-dealkylation sites (tertiary alicyclic amines) is 1. The summed E-state index contributed by atoms with van der Waals surface area (Å²) >= 11 is 1.71. The van der Waals surface area contributed by atoms with Crippen LogP contribution in [0.5, 0.6) is 0 Å². The summed E-state index contributed by atoms with van der Waals surface area (Å²) in [6, 6.07) is 3.99. The van der Waals surface area contributed by atoms with E-state index >= 15 is 0 Å². The molecule has 0 aromatic carbocycles. The van der Waals surface area contributed by atoms with E-state index in [1.54, 1.807) is 17.7 Å². The average Bonchev–Trinajstić information content (AvgIpc) is 3.40. The van der Waals surface area contributed by atoms with Crippen molar-refractivity contribution in [2.24, 2.45) is 7.05 Å². The van der Waals surface area contributed by atoms with Crippen molar-refractivity contribution in [1.82, 2.24) is 19.4 Å². The van der Waals surface area contributed by atoms with Gasteiger partial charge in [0, 0.05) is 44.6 Å². The first-order valence-electron chi connectivity index (χ1n) is 10.0. The van der Waals surface area contributed by atoms with E-state index in [1.807, 2.05) is 30.1 Å². The quantitative estimate of drug-likeness (QED) is 0.664. The molecule has 1 spiro atoms. The fourth-order valence-electron chi connectivity index (χ4n) is 4.95. The van der Waals surface area contributed by atoms with Gasteiger partial charge >= 0.3 is 0 Å². The van der Waals surface area contributed by atoms with Crippen LogP contribution in [0.4, 0.5) is 5.82 Å². The highest BCUT2D eigenvalue weighted by atomic mass is 32.1. The Morgan fingerprint density at radius 2 is 1.96 bits per heavy atom. The van der Waals surface area contributed by atoms with Gasteiger partial charge in [0.25, 0.3) is 5.91 Å². The van der Waals surface area contributed by atoms with Crippen LogP contribution in [0.25, 0.3) is 10.2 Å². The largest absolute Gasteiger partial charge is 0.356 e. The molecule has 6 nitrogen and oxygen atoms in total. The highest BCUT2D eigenvalue weighted by Gasteiger charge is 2.44. The summed E-state index contributed by atoms with van der Waals surface area (Å²) in [6.45, 7) is 2.79. The summed E-state index contributed by atoms with van der Waals surface area (Å²) in [5, 5.41) is 2.08. The molecule has 5 heterocycles. The molecular weight excluding hydrogens is 370 g/mol. The Morgan fingerprint density at radius 3 is 2.79 bits per heavy atom. The minimum absolute atomic E-state index is 0.0106. The minimum atomic E-state index is -0.0106. The minimum Gasteiger partial charge on any atom is -0.356 e. The first-order chi connectivity index (χ1) is 13.7. The Morgan fingerprint density at radius 1 is 1.11 bits per heavy atom. The molecule has 0 radical (unpaired) electrons. The lowest BCUT2D eigenvalue weighted by atomic mass is 9.87. The summed E-state index contributed by atoms with van der Waals surface area (Å²) in [7, 11) is 1.97. The summed E-state index contributed by atoms with van der Waals surface area (Å²) in [5.41, 5.74) is 1.82. The number of aryl methyl sites for hydroxylation is 1. The van der Waals surface area contributed by atoms with Crippen LogP contribution in [0.1, 0.15) is 42.5 Å². The van der Waals surface area contributed by atoms with Gasteiger partial charge in [0.2, 0.25) is 0 Å². The van der Waals surface area contributed by atoms with Crippen molar-refractivity contribution in [3.63, 3.8) is 0 Å². The Bertz CT molecular complexity index is 1010. The number of anilines is 1. The van der Waals surface area contributed by atoms with Crippen molar-refractivity contribution in [2.75, 3.05) is 24.5 Å². The van der Waals surface area contributed by atoms with Crippen LogP contribution in [0.2, 0.25) is 0 Å². The van der Waals surface area contributed by atoms with Gasteiger partial charge in [0.05, 0.1) is 15.8 Å². The second kappa shape index (κ2) is 6.88. The fraction of sp³-hybridized carbons (Fsp3) is 0.476. The van der Waals surface area contributed by atoms with Crippen molar-refractivity contribution >= 4 is 33.3 Å². The maximum atomic E-state index is 13.2. The van der Waals surface area contributed by atoms with Crippen LogP contribution in [0, 0.1) is 0 Å². The third kappa shape index (κ3) is 2.89. The number of nitrogens with zero attached hydrogens (tertiary/aromatic N) is 5. The lowest BCUT2D eigenvalue weighted by molar-refractivity contribution is 0.0566. The molecular formula is C21H25N5OS. The molecule has 146 valence electrons. The van der Waals surface area contributed by atoms with Crippen LogP contribution in [0.3, 0.4) is 0 Å². The predicted molar refractivity (Wildman–Crippen MR) is 112 cm³/mol. The highest BCUT2D eigenvalue weighted by Crippen LogP contribution is 2.40. The lowest BCUT2D eigenvalue weighted by Gasteiger charge is -2.38. The van der Waals surface area contributed by atoms with Crippen LogP contribution >= 0.6 is 11.3 Å². The van der Waals surface area contributed by atoms with Crippen LogP contribution in [-0.4, -0.2) is 50.5 Å². The maximum absolute atomic E-state index is 13.2. The molecule has 0 N–H and O–H groups in total. The zero-order valence-corrected chi connectivity index (χ0v) is 17.0. The number of thiophene rings is 1. The smallest absolute Gasteiger partial charge is 0.255 e. The zero-order valence-electron chi connectivity index (χ0n) is 16.2. The topological polar surface area (TPSA) is 54.3 Å². The second-order valence-electron chi connectivity index (χ2n) is 8.02. The van der Waals surface area contributed by atoms with Crippen molar-refractivity contribution in [3.05, 3.63) is 41.8 Å². The molecule has 3 aromatic heterocycles. The van der Waals surface area contributed by atoms with Gasteiger partial charge in [-0.1, -0.05) is 0 Å². The van der Waals surface area contributed by atoms with E-state index in [4.69, 9.17) is 0 Å². The number of carbonyl (C=O) groups excluding carboxylic acids is 1. The van der Waals surface area contributed by atoms with Crippen molar-refractivity contribution < 1.29 is 4.79 Å². The van der Waals surface area contributed by atoms with Gasteiger partial charge < -0.3 is 14.4 Å². The van der Waals surface area contributed by atoms with Gasteiger partial charge in [-0.3, -0.25) is 4.79 Å². The fourth-order valence-corrected chi connectivity index (χ4v) is 5.81. The maximum Gasteiger partial charge on any atom is 0.255 e. The van der Waals surface area contributed by atoms with Crippen LogP contribution < -0.4 is 4.90 Å². The number of hydrogen-bond acceptors (Lipinski definition) is 5. The molecule has 2 aliphatic rings. The molecule has 0 aliphatic carbocycles. The first kappa shape index (κ1) is 17.7. The van der Waals surface area contributed by atoms with Crippen LogP contribution in [0.15, 0.2) is 36.2 Å². The molecule has 2 aliphatic heterocycles. The van der Waals surface area contributed by atoms with Gasteiger partial charge in [-0.15, -0.1) is 11.3 Å². The van der Waals surface area contributed by atoms with E-state index in [0.717, 1.165) is 68.6 Å². The summed E-state index contributed by atoms with van der Waals surface area (Å²) in [4.78, 5) is 26.8. The molecule has 1 amide bonds. The van der Waals surface area contributed by atoms with E-state index in [9.17, 15) is 4.79 Å². The van der Waals surface area contributed by atoms with E-state index < -0.39 is 0 Å². The standard InChI is InChI=1S/C21H25N5OS/c1-24-11-4-16(14-24)20(27)26-10-3-7-21(26)6-2-9-25(12-8-21)19-18-17(5-13-28-18)22-15-23-19/h4-5,11,13-15H,2-3,6-10,12H2,1H3/t21-/m0/s1. The predicted octanol–water partition coefficient (Wildman–Crippen LogP) is 3.70. The number of hydrogen-bond donors (Lipinski definition) is 0. The summed E-state index contributed by atoms with van der Waals surface area (Å²) in [5.74, 6) is 1.24. The van der Waals surface area contributed by atoms with Crippen molar-refractivity contribution in [1.29, 1.82) is 0 Å². The van der Waals surface area contributed by atoms with Gasteiger partial charge in [-0.25, -0.2) is 9.97 Å². The normalized spacial score (nSPS) is 22.9. The molecule has 28 heavy (non-hydrogen) atoms. The number of carbonyl (C=O) groups is 1. The average molecular weight is 396 g/mol. The van der Waals surface area contributed by atoms with Gasteiger partial charge in [-0.05, 0) is 49.6 Å². The third-order valence-corrected chi connectivity index (χ3v) is 7.26. The molecule has 2 saturated heterocycles. The Labute approximate surface area is 168 Å². The Hall–Kier alpha value is -2.41. The summed E-state index contributed by atoms with van der Waals surface area (Å²) < 4.78 is 3.12. The number of aromatic nitrogens is 3. The summed E-state index contributed by atoms with van der Waals surface area (Å²) in [6.07, 6.45) is 10.9. The lowest BCUT2D eigenvalue weighted by Crippen LogP contribution is -2.47. The number of fused-ring (bicyclic) bond motifs is 1. The monoisotopic (exact) mass is 395 g/mol. The van der Waals surface area contributed by atoms with Gasteiger partial charge in [0.15, 0.2) is 0 Å². The number of rotatable bonds is 2. The van der Waals surface area contributed by atoms with E-state index in [-0.39, 0.29) is 11.4 Å². The van der Waals surface area contributed by atoms with Crippen molar-refractivity contribution in [3.8, 4) is 0 Å². The first-order valence-corrected chi connectivity index (χ1v) is 10.9. The molecule has 7 heteroatoms. The second-order valence-corrected chi connectivity index (χ2v) is 8.94. The molecule has 2 fully saturated rings. The highest BCUT2D eigenvalue weighted by molar-refractivity contribution is 7.17. The molecule has 0 unspecified atom stereocenters. The van der Waals surface area contributed by atoms with E-state index in [0.29, 0.717) is 0 Å². The molecule has 1 atom stereocenters. The van der Waals surface area contributed by atoms with Gasteiger partial charge in [-0.2, -0.15) is 0 Å². The molecule has 3 aromatic rings. The third-order valence-electron chi connectivity index (χ3n) is 6.36. The van der Waals surface area contributed by atoms with E-state index in [1.165, 1.54) is 4.70 Å². The Kier molecular flexibility index (Phi) is 4.34. The molecule has 0 saturated carbocycles. The van der Waals surface area contributed by atoms with Gasteiger partial charge in [0.1, 0.15) is 12.1 Å². The SMILES string of the molecule is Cn1ccc(C(=O)N2CCC[C@]23CCCN(c2ncnc4ccsc24)CC3)c1.